The fraction of sp³-hybridized carbons (Fsp3) is 0.200. The maximum absolute atomic E-state index is 13.0. The Kier molecular flexibility index (Phi) is 7.36. The maximum atomic E-state index is 13.0. The zero-order valence-electron chi connectivity index (χ0n) is 17.0. The smallest absolute Gasteiger partial charge is 0.418 e. The molecule has 1 amide bonds. The van der Waals surface area contributed by atoms with Crippen LogP contribution in [0.25, 0.3) is 0 Å². The topological polar surface area (TPSA) is 104 Å². The van der Waals surface area contributed by atoms with Gasteiger partial charge in [-0.05, 0) is 31.2 Å². The number of carbonyl (C=O) groups is 1. The van der Waals surface area contributed by atoms with Crippen LogP contribution in [0.15, 0.2) is 58.8 Å². The highest BCUT2D eigenvalue weighted by atomic mass is 32.2. The highest BCUT2D eigenvalue weighted by Crippen LogP contribution is 2.34. The van der Waals surface area contributed by atoms with Crippen molar-refractivity contribution < 1.29 is 22.7 Å². The number of benzene rings is 2. The van der Waals surface area contributed by atoms with Gasteiger partial charge in [-0.15, -0.1) is 5.10 Å². The van der Waals surface area contributed by atoms with E-state index >= 15 is 0 Å². The largest absolute Gasteiger partial charge is 0.497 e. The number of para-hydroxylation sites is 1. The van der Waals surface area contributed by atoms with Crippen LogP contribution in [0.5, 0.6) is 5.75 Å². The van der Waals surface area contributed by atoms with Crippen LogP contribution < -0.4 is 15.5 Å². The van der Waals surface area contributed by atoms with E-state index in [0.717, 1.165) is 23.4 Å². The lowest BCUT2D eigenvalue weighted by atomic mass is 10.1. The van der Waals surface area contributed by atoms with Crippen LogP contribution in [-0.4, -0.2) is 39.7 Å². The maximum Gasteiger partial charge on any atom is 0.418 e. The number of H-pyrrole nitrogens is 1. The number of hydrogen-bond acceptors (Lipinski definition) is 7. The van der Waals surface area contributed by atoms with E-state index in [1.54, 1.807) is 14.0 Å². The number of carbonyl (C=O) groups excluding carboxylic acids is 1. The molecule has 0 fully saturated rings. The number of aromatic amines is 1. The fourth-order valence-electron chi connectivity index (χ4n) is 2.57. The molecule has 3 N–H and O–H groups in total. The first-order valence-electron chi connectivity index (χ1n) is 9.22. The first-order chi connectivity index (χ1) is 15.3. The van der Waals surface area contributed by atoms with Crippen molar-refractivity contribution >= 4 is 35.0 Å². The lowest BCUT2D eigenvalue weighted by molar-refractivity contribution is -0.137. The zero-order valence-corrected chi connectivity index (χ0v) is 17.8. The summed E-state index contributed by atoms with van der Waals surface area (Å²) in [5.41, 5.74) is 3.05. The molecule has 3 aromatic rings. The van der Waals surface area contributed by atoms with Gasteiger partial charge in [0, 0.05) is 5.56 Å². The Balaban J connectivity index is 1.55. The molecule has 1 heterocycles. The summed E-state index contributed by atoms with van der Waals surface area (Å²) in [6.07, 6.45) is -4.56. The Bertz CT molecular complexity index is 1120. The van der Waals surface area contributed by atoms with Crippen molar-refractivity contribution in [3.8, 4) is 5.75 Å². The van der Waals surface area contributed by atoms with Gasteiger partial charge in [-0.2, -0.15) is 23.3 Å². The highest BCUT2D eigenvalue weighted by Gasteiger charge is 2.33. The van der Waals surface area contributed by atoms with Crippen molar-refractivity contribution in [3.05, 3.63) is 59.7 Å². The number of nitrogens with one attached hydrogen (secondary N) is 3. The van der Waals surface area contributed by atoms with Crippen LogP contribution in [0.4, 0.5) is 24.8 Å². The average molecular weight is 464 g/mol. The van der Waals surface area contributed by atoms with Gasteiger partial charge in [0.2, 0.25) is 17.0 Å². The predicted octanol–water partition coefficient (Wildman–Crippen LogP) is 4.40. The number of ether oxygens (including phenoxy) is 1. The van der Waals surface area contributed by atoms with Crippen LogP contribution in [0.1, 0.15) is 18.1 Å². The van der Waals surface area contributed by atoms with Crippen molar-refractivity contribution in [1.82, 2.24) is 15.2 Å². The minimum atomic E-state index is -4.56. The second-order valence-electron chi connectivity index (χ2n) is 6.39. The molecule has 0 atom stereocenters. The summed E-state index contributed by atoms with van der Waals surface area (Å²) in [5.74, 6) is 0.164. The molecule has 3 rings (SSSR count). The molecule has 0 spiro atoms. The van der Waals surface area contributed by atoms with E-state index in [1.807, 2.05) is 24.3 Å². The van der Waals surface area contributed by atoms with Crippen molar-refractivity contribution in [2.45, 2.75) is 18.3 Å². The molecule has 0 aliphatic rings. The van der Waals surface area contributed by atoms with E-state index in [2.05, 4.69) is 31.0 Å². The highest BCUT2D eigenvalue weighted by molar-refractivity contribution is 7.99. The molecule has 0 saturated heterocycles. The number of alkyl halides is 3. The molecule has 0 saturated carbocycles. The molecule has 12 heteroatoms. The summed E-state index contributed by atoms with van der Waals surface area (Å²) in [6.45, 7) is 1.80. The molecule has 0 aliphatic carbocycles. The van der Waals surface area contributed by atoms with Gasteiger partial charge in [-0.25, -0.2) is 10.5 Å². The van der Waals surface area contributed by atoms with Crippen LogP contribution in [-0.2, 0) is 11.0 Å². The minimum absolute atomic E-state index is 0.171. The standard InChI is InChI=1S/C20H19F3N6O2S/c1-12(13-6-5-7-14(10-13)31-2)26-27-18-25-19(29-28-18)32-11-17(30)24-16-9-4-3-8-15(16)20(21,22)23/h3-10H,11H2,1-2H3,(H,24,30)(H2,25,27,28,29)/b26-12+. The predicted molar refractivity (Wildman–Crippen MR) is 116 cm³/mol. The van der Waals surface area contributed by atoms with Crippen LogP contribution in [0, 0.1) is 0 Å². The first-order valence-corrected chi connectivity index (χ1v) is 10.2. The van der Waals surface area contributed by atoms with Gasteiger partial charge in [0.1, 0.15) is 5.75 Å². The molecule has 1 aromatic heterocycles. The van der Waals surface area contributed by atoms with Gasteiger partial charge in [0.05, 0.1) is 29.8 Å². The van der Waals surface area contributed by atoms with Crippen LogP contribution in [0.3, 0.4) is 0 Å². The summed E-state index contributed by atoms with van der Waals surface area (Å²) >= 11 is 0.966. The summed E-state index contributed by atoms with van der Waals surface area (Å²) in [6, 6.07) is 12.1. The number of anilines is 2. The Morgan fingerprint density at radius 1 is 1.22 bits per heavy atom. The number of hydrazone groups is 1. The van der Waals surface area contributed by atoms with Crippen LogP contribution in [0.2, 0.25) is 0 Å². The van der Waals surface area contributed by atoms with Gasteiger partial charge in [-0.3, -0.25) is 4.79 Å². The Morgan fingerprint density at radius 3 is 2.75 bits per heavy atom. The van der Waals surface area contributed by atoms with Crippen molar-refractivity contribution in [1.29, 1.82) is 0 Å². The quantitative estimate of drug-likeness (QED) is 0.259. The molecule has 0 aliphatic heterocycles. The van der Waals surface area contributed by atoms with E-state index in [0.29, 0.717) is 11.5 Å². The number of rotatable bonds is 8. The number of methoxy groups -OCH3 is 1. The van der Waals surface area contributed by atoms with Gasteiger partial charge in [0.25, 0.3) is 0 Å². The molecule has 0 radical (unpaired) electrons. The number of amides is 1. The number of nitrogens with zero attached hydrogens (tertiary/aromatic N) is 3. The summed E-state index contributed by atoms with van der Waals surface area (Å²) in [7, 11) is 1.58. The van der Waals surface area contributed by atoms with E-state index in [1.165, 1.54) is 18.2 Å². The first kappa shape index (κ1) is 23.1. The average Bonchev–Trinajstić information content (AvgIpc) is 3.23. The van der Waals surface area contributed by atoms with Gasteiger partial charge in [0.15, 0.2) is 0 Å². The zero-order chi connectivity index (χ0) is 23.1. The second kappa shape index (κ2) is 10.2. The number of aromatic nitrogens is 3. The lowest BCUT2D eigenvalue weighted by Gasteiger charge is -2.13. The van der Waals surface area contributed by atoms with E-state index < -0.39 is 17.6 Å². The Labute approximate surface area is 185 Å². The molecule has 32 heavy (non-hydrogen) atoms. The molecule has 0 unspecified atom stereocenters. The molecule has 168 valence electrons. The second-order valence-corrected chi connectivity index (χ2v) is 7.33. The summed E-state index contributed by atoms with van der Waals surface area (Å²) in [4.78, 5) is 16.2. The summed E-state index contributed by atoms with van der Waals surface area (Å²) in [5, 5.41) is 13.3. The third-order valence-electron chi connectivity index (χ3n) is 4.12. The number of halogens is 3. The van der Waals surface area contributed by atoms with Crippen LogP contribution >= 0.6 is 11.8 Å². The van der Waals surface area contributed by atoms with E-state index in [-0.39, 0.29) is 22.5 Å². The minimum Gasteiger partial charge on any atom is -0.497 e. The van der Waals surface area contributed by atoms with Gasteiger partial charge < -0.3 is 10.1 Å². The third kappa shape index (κ3) is 6.23. The summed E-state index contributed by atoms with van der Waals surface area (Å²) < 4.78 is 44.3. The van der Waals surface area contributed by atoms with Gasteiger partial charge in [-0.1, -0.05) is 36.0 Å². The van der Waals surface area contributed by atoms with Crippen molar-refractivity contribution in [2.75, 3.05) is 23.6 Å². The van der Waals surface area contributed by atoms with E-state index in [4.69, 9.17) is 4.74 Å². The number of hydrogen-bond donors (Lipinski definition) is 3. The number of thioether (sulfide) groups is 1. The monoisotopic (exact) mass is 464 g/mol. The van der Waals surface area contributed by atoms with Crippen molar-refractivity contribution in [3.63, 3.8) is 0 Å². The normalized spacial score (nSPS) is 11.8. The van der Waals surface area contributed by atoms with Crippen molar-refractivity contribution in [2.24, 2.45) is 5.10 Å². The molecule has 8 nitrogen and oxygen atoms in total. The lowest BCUT2D eigenvalue weighted by Crippen LogP contribution is -2.18. The Morgan fingerprint density at radius 2 is 2.00 bits per heavy atom. The molecule has 2 aromatic carbocycles. The molecular formula is C20H19F3N6O2S. The SMILES string of the molecule is COc1cccc(/C(C)=N/Nc2nc(SCC(=O)Nc3ccccc3C(F)(F)F)n[nH]2)c1. The molecule has 0 bridgehead atoms. The molecular weight excluding hydrogens is 445 g/mol. The Hall–Kier alpha value is -3.54. The van der Waals surface area contributed by atoms with E-state index in [9.17, 15) is 18.0 Å². The third-order valence-corrected chi connectivity index (χ3v) is 4.97. The van der Waals surface area contributed by atoms with Gasteiger partial charge >= 0.3 is 6.18 Å². The fourth-order valence-corrected chi connectivity index (χ4v) is 3.16.